The Morgan fingerprint density at radius 2 is 1.85 bits per heavy atom. The zero-order chi connectivity index (χ0) is 14.4. The smallest absolute Gasteiger partial charge is 0.0233 e. The van der Waals surface area contributed by atoms with Gasteiger partial charge in [0.25, 0.3) is 0 Å². The van der Waals surface area contributed by atoms with Crippen molar-refractivity contribution in [1.29, 1.82) is 0 Å². The van der Waals surface area contributed by atoms with Crippen LogP contribution < -0.4 is 5.73 Å². The summed E-state index contributed by atoms with van der Waals surface area (Å²) in [5.41, 5.74) is 8.81. The van der Waals surface area contributed by atoms with Crippen molar-refractivity contribution in [2.24, 2.45) is 11.7 Å². The quantitative estimate of drug-likeness (QED) is 0.856. The molecule has 1 aromatic carbocycles. The zero-order valence-corrected chi connectivity index (χ0v) is 13.1. The van der Waals surface area contributed by atoms with Crippen LogP contribution in [0.2, 0.25) is 0 Å². The van der Waals surface area contributed by atoms with E-state index in [2.05, 4.69) is 43.0 Å². The van der Waals surface area contributed by atoms with Gasteiger partial charge in [-0.3, -0.25) is 4.90 Å². The molecule has 2 N–H and O–H groups in total. The van der Waals surface area contributed by atoms with E-state index in [0.29, 0.717) is 6.04 Å². The molecule has 0 spiro atoms. The number of nitrogens with two attached hydrogens (primary N) is 1. The van der Waals surface area contributed by atoms with Crippen LogP contribution >= 0.6 is 0 Å². The first-order valence-corrected chi connectivity index (χ1v) is 8.21. The first kappa shape index (κ1) is 15.5. The number of benzene rings is 1. The molecule has 0 radical (unpaired) electrons. The molecule has 1 unspecified atom stereocenters. The van der Waals surface area contributed by atoms with Crippen molar-refractivity contribution < 1.29 is 0 Å². The normalized spacial score (nSPS) is 19.1. The molecule has 2 nitrogen and oxygen atoms in total. The number of hydrogen-bond acceptors (Lipinski definition) is 2. The minimum atomic E-state index is 0.417. The summed E-state index contributed by atoms with van der Waals surface area (Å²) >= 11 is 0. The topological polar surface area (TPSA) is 29.3 Å². The third-order valence-electron chi connectivity index (χ3n) is 4.70. The summed E-state index contributed by atoms with van der Waals surface area (Å²) in [7, 11) is 0. The lowest BCUT2D eigenvalue weighted by Crippen LogP contribution is -2.33. The largest absolute Gasteiger partial charge is 0.328 e. The van der Waals surface area contributed by atoms with Gasteiger partial charge in [0.2, 0.25) is 0 Å². The van der Waals surface area contributed by atoms with E-state index in [9.17, 15) is 0 Å². The highest BCUT2D eigenvalue weighted by molar-refractivity contribution is 5.21. The van der Waals surface area contributed by atoms with E-state index in [1.165, 1.54) is 49.9 Å². The summed E-state index contributed by atoms with van der Waals surface area (Å²) < 4.78 is 0. The number of likely N-dealkylation sites (tertiary alicyclic amines) is 1. The van der Waals surface area contributed by atoms with Crippen molar-refractivity contribution in [3.63, 3.8) is 0 Å². The van der Waals surface area contributed by atoms with Crippen LogP contribution in [0.1, 0.15) is 50.2 Å². The summed E-state index contributed by atoms with van der Waals surface area (Å²) in [4.78, 5) is 2.60. The number of hydrogen-bond donors (Lipinski definition) is 1. The average Bonchev–Trinajstić information content (AvgIpc) is 2.48. The van der Waals surface area contributed by atoms with Crippen molar-refractivity contribution in [2.45, 2.75) is 58.5 Å². The van der Waals surface area contributed by atoms with Crippen LogP contribution in [-0.2, 0) is 6.54 Å². The predicted octanol–water partition coefficient (Wildman–Crippen LogP) is 3.72. The number of nitrogens with zero attached hydrogens (tertiary/aromatic N) is 1. The number of aryl methyl sites for hydroxylation is 1. The SMILES string of the molecule is CCC(N)CCC1CCN(Cc2ccc(C)cc2)CC1. The highest BCUT2D eigenvalue weighted by atomic mass is 15.1. The second-order valence-electron chi connectivity index (χ2n) is 6.45. The van der Waals surface area contributed by atoms with Gasteiger partial charge in [0.1, 0.15) is 0 Å². The van der Waals surface area contributed by atoms with Gasteiger partial charge in [-0.15, -0.1) is 0 Å². The molecule has 2 rings (SSSR count). The Labute approximate surface area is 124 Å². The maximum atomic E-state index is 6.02. The molecule has 1 atom stereocenters. The van der Waals surface area contributed by atoms with Gasteiger partial charge in [-0.1, -0.05) is 36.8 Å². The molecule has 20 heavy (non-hydrogen) atoms. The van der Waals surface area contributed by atoms with Gasteiger partial charge in [0, 0.05) is 12.6 Å². The highest BCUT2D eigenvalue weighted by Gasteiger charge is 2.19. The first-order valence-electron chi connectivity index (χ1n) is 8.21. The maximum Gasteiger partial charge on any atom is 0.0233 e. The average molecular weight is 274 g/mol. The fraction of sp³-hybridized carbons (Fsp3) is 0.667. The Bertz CT molecular complexity index is 377. The molecule has 0 bridgehead atoms. The van der Waals surface area contributed by atoms with E-state index in [-0.39, 0.29) is 0 Å². The minimum Gasteiger partial charge on any atom is -0.328 e. The molecule has 2 heteroatoms. The Balaban J connectivity index is 1.70. The Morgan fingerprint density at radius 3 is 2.45 bits per heavy atom. The maximum absolute atomic E-state index is 6.02. The highest BCUT2D eigenvalue weighted by Crippen LogP contribution is 2.23. The lowest BCUT2D eigenvalue weighted by atomic mass is 9.90. The molecule has 0 aliphatic carbocycles. The summed E-state index contributed by atoms with van der Waals surface area (Å²) in [6.45, 7) is 7.95. The van der Waals surface area contributed by atoms with Gasteiger partial charge in [0.15, 0.2) is 0 Å². The molecule has 1 aliphatic heterocycles. The second-order valence-corrected chi connectivity index (χ2v) is 6.45. The van der Waals surface area contributed by atoms with Crippen molar-refractivity contribution in [3.05, 3.63) is 35.4 Å². The van der Waals surface area contributed by atoms with Crippen molar-refractivity contribution in [1.82, 2.24) is 4.90 Å². The summed E-state index contributed by atoms with van der Waals surface area (Å²) in [6, 6.07) is 9.38. The first-order chi connectivity index (χ1) is 9.67. The van der Waals surface area contributed by atoms with Crippen LogP contribution in [0.3, 0.4) is 0 Å². The number of piperidine rings is 1. The van der Waals surface area contributed by atoms with E-state index in [0.717, 1.165) is 18.9 Å². The van der Waals surface area contributed by atoms with Crippen LogP contribution in [0, 0.1) is 12.8 Å². The third-order valence-corrected chi connectivity index (χ3v) is 4.70. The molecule has 1 aliphatic rings. The number of rotatable bonds is 6. The van der Waals surface area contributed by atoms with E-state index >= 15 is 0 Å². The third kappa shape index (κ3) is 4.92. The van der Waals surface area contributed by atoms with Crippen LogP contribution in [-0.4, -0.2) is 24.0 Å². The van der Waals surface area contributed by atoms with Crippen LogP contribution in [0.15, 0.2) is 24.3 Å². The standard InChI is InChI=1S/C18H30N2/c1-3-18(19)9-8-16-10-12-20(13-11-16)14-17-6-4-15(2)5-7-17/h4-7,16,18H,3,8-14,19H2,1-2H3. The monoisotopic (exact) mass is 274 g/mol. The molecule has 1 saturated heterocycles. The van der Waals surface area contributed by atoms with Crippen molar-refractivity contribution in [3.8, 4) is 0 Å². The van der Waals surface area contributed by atoms with E-state index in [4.69, 9.17) is 5.73 Å². The minimum absolute atomic E-state index is 0.417. The molecule has 0 saturated carbocycles. The lowest BCUT2D eigenvalue weighted by molar-refractivity contribution is 0.169. The molecule has 1 aromatic rings. The Kier molecular flexibility index (Phi) is 6.06. The Hall–Kier alpha value is -0.860. The molecule has 1 fully saturated rings. The van der Waals surface area contributed by atoms with Crippen LogP contribution in [0.25, 0.3) is 0 Å². The predicted molar refractivity (Wildman–Crippen MR) is 86.7 cm³/mol. The van der Waals surface area contributed by atoms with E-state index in [1.54, 1.807) is 0 Å². The summed E-state index contributed by atoms with van der Waals surface area (Å²) in [5, 5.41) is 0. The lowest BCUT2D eigenvalue weighted by Gasteiger charge is -2.32. The van der Waals surface area contributed by atoms with Gasteiger partial charge in [0.05, 0.1) is 0 Å². The molecule has 0 amide bonds. The summed E-state index contributed by atoms with van der Waals surface area (Å²) in [6.07, 6.45) is 6.35. The Morgan fingerprint density at radius 1 is 1.20 bits per heavy atom. The van der Waals surface area contributed by atoms with Gasteiger partial charge in [-0.25, -0.2) is 0 Å². The second kappa shape index (κ2) is 7.80. The molecular formula is C18H30N2. The summed E-state index contributed by atoms with van der Waals surface area (Å²) in [5.74, 6) is 0.905. The van der Waals surface area contributed by atoms with Crippen molar-refractivity contribution >= 4 is 0 Å². The molecule has 1 heterocycles. The van der Waals surface area contributed by atoms with E-state index < -0.39 is 0 Å². The van der Waals surface area contributed by atoms with Gasteiger partial charge >= 0.3 is 0 Å². The zero-order valence-electron chi connectivity index (χ0n) is 13.1. The molecular weight excluding hydrogens is 244 g/mol. The van der Waals surface area contributed by atoms with Crippen LogP contribution in [0.4, 0.5) is 0 Å². The fourth-order valence-electron chi connectivity index (χ4n) is 3.04. The van der Waals surface area contributed by atoms with Crippen molar-refractivity contribution in [2.75, 3.05) is 13.1 Å². The van der Waals surface area contributed by atoms with Crippen LogP contribution in [0.5, 0.6) is 0 Å². The molecule has 112 valence electrons. The fourth-order valence-corrected chi connectivity index (χ4v) is 3.04. The van der Waals surface area contributed by atoms with Gasteiger partial charge < -0.3 is 5.73 Å². The van der Waals surface area contributed by atoms with Gasteiger partial charge in [-0.2, -0.15) is 0 Å². The van der Waals surface area contributed by atoms with Gasteiger partial charge in [-0.05, 0) is 63.6 Å². The molecule has 0 aromatic heterocycles. The van der Waals surface area contributed by atoms with E-state index in [1.807, 2.05) is 0 Å².